The van der Waals surface area contributed by atoms with Crippen molar-refractivity contribution in [2.24, 2.45) is 17.3 Å². The standard InChI is InChI=1S/C19H26O5/c1-11-7-12-5-4-6-16(20)14(12)8-13-9-19(10-15(11)13,17(21)23-2)18(22)24-3/h8,12-13,16,20H,4-7,9-10H2,1-3H3/t12-,13+,16-/m1/s1. The van der Waals surface area contributed by atoms with Crippen molar-refractivity contribution in [2.75, 3.05) is 14.2 Å². The van der Waals surface area contributed by atoms with Crippen molar-refractivity contribution in [3.05, 3.63) is 22.8 Å². The van der Waals surface area contributed by atoms with Crippen LogP contribution in [-0.2, 0) is 19.1 Å². The van der Waals surface area contributed by atoms with Crippen LogP contribution in [0.4, 0.5) is 0 Å². The largest absolute Gasteiger partial charge is 0.468 e. The molecule has 3 rings (SSSR count). The molecule has 0 radical (unpaired) electrons. The van der Waals surface area contributed by atoms with E-state index >= 15 is 0 Å². The number of allylic oxidation sites excluding steroid dienone is 3. The van der Waals surface area contributed by atoms with E-state index in [0.717, 1.165) is 36.8 Å². The number of hydrogen-bond acceptors (Lipinski definition) is 5. The minimum absolute atomic E-state index is 0.00375. The van der Waals surface area contributed by atoms with Gasteiger partial charge in [0.05, 0.1) is 20.3 Å². The predicted octanol–water partition coefficient (Wildman–Crippen LogP) is 2.54. The second kappa shape index (κ2) is 6.36. The summed E-state index contributed by atoms with van der Waals surface area (Å²) in [4.78, 5) is 24.8. The Balaban J connectivity index is 2.01. The molecule has 0 aromatic carbocycles. The molecule has 3 atom stereocenters. The molecule has 0 spiro atoms. The van der Waals surface area contributed by atoms with Gasteiger partial charge in [0.25, 0.3) is 0 Å². The number of ether oxygens (including phenoxy) is 2. The molecule has 0 aliphatic heterocycles. The molecular weight excluding hydrogens is 308 g/mol. The SMILES string of the molecule is COC(=O)C1(C(=O)OC)CC2=C(C)C[C@H]3CCC[C@@H](O)C3=C[C@H]2C1. The molecule has 1 N–H and O–H groups in total. The monoisotopic (exact) mass is 334 g/mol. The van der Waals surface area contributed by atoms with Crippen LogP contribution in [0.25, 0.3) is 0 Å². The summed E-state index contributed by atoms with van der Waals surface area (Å²) < 4.78 is 9.86. The van der Waals surface area contributed by atoms with Crippen molar-refractivity contribution in [3.63, 3.8) is 0 Å². The molecule has 0 aromatic rings. The molecule has 0 unspecified atom stereocenters. The molecule has 24 heavy (non-hydrogen) atoms. The Morgan fingerprint density at radius 3 is 2.50 bits per heavy atom. The highest BCUT2D eigenvalue weighted by atomic mass is 16.5. The summed E-state index contributed by atoms with van der Waals surface area (Å²) in [5, 5.41) is 10.4. The minimum Gasteiger partial charge on any atom is -0.468 e. The van der Waals surface area contributed by atoms with E-state index in [4.69, 9.17) is 9.47 Å². The summed E-state index contributed by atoms with van der Waals surface area (Å²) in [5.74, 6) is -0.669. The van der Waals surface area contributed by atoms with Crippen LogP contribution < -0.4 is 0 Å². The first-order valence-corrected chi connectivity index (χ1v) is 8.68. The fraction of sp³-hybridized carbons (Fsp3) is 0.684. The lowest BCUT2D eigenvalue weighted by atomic mass is 9.78. The summed E-state index contributed by atoms with van der Waals surface area (Å²) >= 11 is 0. The van der Waals surface area contributed by atoms with Gasteiger partial charge in [-0.15, -0.1) is 0 Å². The Morgan fingerprint density at radius 1 is 1.21 bits per heavy atom. The van der Waals surface area contributed by atoms with Crippen LogP contribution in [0, 0.1) is 17.3 Å². The number of esters is 2. The lowest BCUT2D eigenvalue weighted by Crippen LogP contribution is -2.39. The quantitative estimate of drug-likeness (QED) is 0.477. The highest BCUT2D eigenvalue weighted by molar-refractivity contribution is 6.01. The van der Waals surface area contributed by atoms with E-state index in [-0.39, 0.29) is 5.92 Å². The van der Waals surface area contributed by atoms with Crippen LogP contribution in [0.1, 0.15) is 45.4 Å². The van der Waals surface area contributed by atoms with Crippen LogP contribution in [0.3, 0.4) is 0 Å². The number of rotatable bonds is 2. The molecule has 0 bridgehead atoms. The number of carbonyl (C=O) groups excluding carboxylic acids is 2. The van der Waals surface area contributed by atoms with Crippen molar-refractivity contribution in [1.29, 1.82) is 0 Å². The molecule has 3 aliphatic carbocycles. The third kappa shape index (κ3) is 2.59. The normalized spacial score (nSPS) is 31.5. The zero-order valence-corrected chi connectivity index (χ0v) is 14.6. The van der Waals surface area contributed by atoms with Gasteiger partial charge < -0.3 is 14.6 Å². The Hall–Kier alpha value is -1.62. The highest BCUT2D eigenvalue weighted by Crippen LogP contribution is 2.52. The summed E-state index contributed by atoms with van der Waals surface area (Å²) in [7, 11) is 2.61. The topological polar surface area (TPSA) is 72.8 Å². The molecule has 5 nitrogen and oxygen atoms in total. The summed E-state index contributed by atoms with van der Waals surface area (Å²) in [6, 6.07) is 0. The van der Waals surface area contributed by atoms with E-state index in [1.165, 1.54) is 19.8 Å². The van der Waals surface area contributed by atoms with E-state index in [1.54, 1.807) is 0 Å². The van der Waals surface area contributed by atoms with Gasteiger partial charge in [0.1, 0.15) is 0 Å². The van der Waals surface area contributed by atoms with E-state index in [2.05, 4.69) is 13.0 Å². The van der Waals surface area contributed by atoms with Crippen molar-refractivity contribution >= 4 is 11.9 Å². The van der Waals surface area contributed by atoms with Gasteiger partial charge in [-0.1, -0.05) is 17.2 Å². The number of fused-ring (bicyclic) bond motifs is 2. The smallest absolute Gasteiger partial charge is 0.323 e. The molecule has 3 aliphatic rings. The third-order valence-electron chi connectivity index (χ3n) is 6.04. The highest BCUT2D eigenvalue weighted by Gasteiger charge is 2.56. The summed E-state index contributed by atoms with van der Waals surface area (Å²) in [6.07, 6.45) is 6.27. The first kappa shape index (κ1) is 17.2. The molecule has 0 saturated heterocycles. The first-order valence-electron chi connectivity index (χ1n) is 8.68. The van der Waals surface area contributed by atoms with Crippen LogP contribution in [-0.4, -0.2) is 37.4 Å². The van der Waals surface area contributed by atoms with Gasteiger partial charge in [0, 0.05) is 5.92 Å². The fourth-order valence-electron chi connectivity index (χ4n) is 4.80. The molecule has 132 valence electrons. The third-order valence-corrected chi connectivity index (χ3v) is 6.04. The van der Waals surface area contributed by atoms with E-state index in [1.807, 2.05) is 0 Å². The Labute approximate surface area is 142 Å². The summed E-state index contributed by atoms with van der Waals surface area (Å²) in [6.45, 7) is 2.09. The molecule has 2 fully saturated rings. The van der Waals surface area contributed by atoms with Crippen molar-refractivity contribution < 1.29 is 24.2 Å². The second-order valence-electron chi connectivity index (χ2n) is 7.37. The van der Waals surface area contributed by atoms with Crippen molar-refractivity contribution in [1.82, 2.24) is 0 Å². The van der Waals surface area contributed by atoms with Gasteiger partial charge in [-0.2, -0.15) is 0 Å². The number of hydrogen-bond donors (Lipinski definition) is 1. The van der Waals surface area contributed by atoms with Gasteiger partial charge in [-0.05, 0) is 56.9 Å². The number of carbonyl (C=O) groups is 2. The maximum absolute atomic E-state index is 12.4. The molecule has 5 heteroatoms. The van der Waals surface area contributed by atoms with Crippen molar-refractivity contribution in [3.8, 4) is 0 Å². The van der Waals surface area contributed by atoms with Gasteiger partial charge in [-0.3, -0.25) is 9.59 Å². The van der Waals surface area contributed by atoms with E-state index in [0.29, 0.717) is 18.8 Å². The molecular formula is C19H26O5. The van der Waals surface area contributed by atoms with Crippen LogP contribution >= 0.6 is 0 Å². The lowest BCUT2D eigenvalue weighted by Gasteiger charge is -2.30. The zero-order valence-electron chi connectivity index (χ0n) is 14.6. The second-order valence-corrected chi connectivity index (χ2v) is 7.37. The lowest BCUT2D eigenvalue weighted by molar-refractivity contribution is -0.168. The molecule has 2 saturated carbocycles. The average molecular weight is 334 g/mol. The Morgan fingerprint density at radius 2 is 1.88 bits per heavy atom. The molecule has 0 aromatic heterocycles. The summed E-state index contributed by atoms with van der Waals surface area (Å²) in [5.41, 5.74) is 2.21. The van der Waals surface area contributed by atoms with Crippen molar-refractivity contribution in [2.45, 2.75) is 51.6 Å². The Kier molecular flexibility index (Phi) is 4.56. The molecule has 0 amide bonds. The number of methoxy groups -OCH3 is 2. The van der Waals surface area contributed by atoms with Crippen LogP contribution in [0.15, 0.2) is 22.8 Å². The van der Waals surface area contributed by atoms with Gasteiger partial charge >= 0.3 is 11.9 Å². The average Bonchev–Trinajstić information content (AvgIpc) is 2.91. The van der Waals surface area contributed by atoms with Gasteiger partial charge in [-0.25, -0.2) is 0 Å². The number of aliphatic hydroxyl groups excluding tert-OH is 1. The first-order chi connectivity index (χ1) is 11.4. The zero-order chi connectivity index (χ0) is 17.5. The Bertz CT molecular complexity index is 599. The maximum atomic E-state index is 12.4. The predicted molar refractivity (Wildman–Crippen MR) is 87.9 cm³/mol. The fourth-order valence-corrected chi connectivity index (χ4v) is 4.80. The molecule has 0 heterocycles. The van der Waals surface area contributed by atoms with Gasteiger partial charge in [0.2, 0.25) is 0 Å². The van der Waals surface area contributed by atoms with Gasteiger partial charge in [0.15, 0.2) is 5.41 Å². The van der Waals surface area contributed by atoms with E-state index in [9.17, 15) is 14.7 Å². The van der Waals surface area contributed by atoms with Crippen LogP contribution in [0.2, 0.25) is 0 Å². The van der Waals surface area contributed by atoms with Crippen LogP contribution in [0.5, 0.6) is 0 Å². The number of aliphatic hydroxyl groups is 1. The minimum atomic E-state index is -1.26. The van der Waals surface area contributed by atoms with E-state index < -0.39 is 23.5 Å². The maximum Gasteiger partial charge on any atom is 0.323 e.